The first-order valence-corrected chi connectivity index (χ1v) is 7.33. The quantitative estimate of drug-likeness (QED) is 0.826. The Kier molecular flexibility index (Phi) is 4.64. The van der Waals surface area contributed by atoms with Gasteiger partial charge in [-0.1, -0.05) is 50.6 Å². The highest BCUT2D eigenvalue weighted by atomic mass is 16.5. The molecule has 0 spiro atoms. The van der Waals surface area contributed by atoms with Crippen LogP contribution in [0.15, 0.2) is 24.3 Å². The summed E-state index contributed by atoms with van der Waals surface area (Å²) in [7, 11) is 0. The van der Waals surface area contributed by atoms with E-state index in [1.807, 2.05) is 0 Å². The topological polar surface area (TPSA) is 12.5 Å². The van der Waals surface area contributed by atoms with Crippen LogP contribution in [0.2, 0.25) is 0 Å². The highest BCUT2D eigenvalue weighted by Gasteiger charge is 2.28. The van der Waals surface area contributed by atoms with Crippen LogP contribution in [0.3, 0.4) is 0 Å². The van der Waals surface area contributed by atoms with Gasteiger partial charge in [-0.05, 0) is 17.9 Å². The van der Waals surface area contributed by atoms with Gasteiger partial charge in [0.25, 0.3) is 0 Å². The van der Waals surface area contributed by atoms with Crippen LogP contribution in [-0.2, 0) is 4.74 Å². The molecule has 106 valence electrons. The van der Waals surface area contributed by atoms with E-state index in [1.165, 1.54) is 11.1 Å². The first-order chi connectivity index (χ1) is 8.97. The summed E-state index contributed by atoms with van der Waals surface area (Å²) in [6, 6.07) is 8.99. The first-order valence-electron chi connectivity index (χ1n) is 7.33. The Morgan fingerprint density at radius 2 is 1.89 bits per heavy atom. The molecule has 0 bridgehead atoms. The molecule has 1 aliphatic rings. The minimum atomic E-state index is 0.284. The minimum absolute atomic E-state index is 0.284. The van der Waals surface area contributed by atoms with Gasteiger partial charge in [0, 0.05) is 25.6 Å². The molecule has 1 saturated heterocycles. The molecule has 0 N–H and O–H groups in total. The number of ether oxygens (including phenoxy) is 1. The van der Waals surface area contributed by atoms with Gasteiger partial charge in [-0.25, -0.2) is 0 Å². The molecule has 2 heteroatoms. The Morgan fingerprint density at radius 3 is 2.47 bits per heavy atom. The van der Waals surface area contributed by atoms with Gasteiger partial charge in [-0.15, -0.1) is 0 Å². The minimum Gasteiger partial charge on any atom is -0.379 e. The zero-order chi connectivity index (χ0) is 13.9. The molecule has 0 amide bonds. The Morgan fingerprint density at radius 1 is 1.21 bits per heavy atom. The van der Waals surface area contributed by atoms with E-state index < -0.39 is 0 Å². The summed E-state index contributed by atoms with van der Waals surface area (Å²) in [5, 5.41) is 0. The summed E-state index contributed by atoms with van der Waals surface area (Å²) < 4.78 is 5.45. The van der Waals surface area contributed by atoms with Gasteiger partial charge in [0.1, 0.15) is 0 Å². The molecule has 1 fully saturated rings. The number of rotatable bonds is 3. The Labute approximate surface area is 117 Å². The molecular formula is C17H27NO. The largest absolute Gasteiger partial charge is 0.379 e. The lowest BCUT2D eigenvalue weighted by atomic mass is 9.76. The number of nitrogens with zero attached hydrogens (tertiary/aromatic N) is 1. The van der Waals surface area contributed by atoms with Crippen molar-refractivity contribution >= 4 is 0 Å². The third-order valence-electron chi connectivity index (χ3n) is 4.03. The molecule has 2 nitrogen and oxygen atoms in total. The fourth-order valence-corrected chi connectivity index (χ4v) is 2.81. The van der Waals surface area contributed by atoms with E-state index in [9.17, 15) is 0 Å². The average Bonchev–Trinajstić information content (AvgIpc) is 2.36. The summed E-state index contributed by atoms with van der Waals surface area (Å²) in [4.78, 5) is 2.54. The Hall–Kier alpha value is -0.860. The first kappa shape index (κ1) is 14.5. The van der Waals surface area contributed by atoms with E-state index in [0.29, 0.717) is 5.92 Å². The van der Waals surface area contributed by atoms with Crippen LogP contribution in [0.1, 0.15) is 37.8 Å². The SMILES string of the molecule is Cc1cccc(C(CN2CCOCC2)C(C)(C)C)c1. The van der Waals surface area contributed by atoms with Crippen LogP contribution in [-0.4, -0.2) is 37.7 Å². The molecular weight excluding hydrogens is 234 g/mol. The summed E-state index contributed by atoms with van der Waals surface area (Å²) in [6.07, 6.45) is 0. The summed E-state index contributed by atoms with van der Waals surface area (Å²) in [5.41, 5.74) is 3.11. The predicted molar refractivity (Wildman–Crippen MR) is 80.6 cm³/mol. The monoisotopic (exact) mass is 261 g/mol. The van der Waals surface area contributed by atoms with Crippen molar-refractivity contribution in [1.82, 2.24) is 4.90 Å². The number of hydrogen-bond acceptors (Lipinski definition) is 2. The van der Waals surface area contributed by atoms with Crippen molar-refractivity contribution in [2.24, 2.45) is 5.41 Å². The zero-order valence-corrected chi connectivity index (χ0v) is 12.8. The van der Waals surface area contributed by atoms with E-state index in [0.717, 1.165) is 32.8 Å². The maximum atomic E-state index is 5.45. The molecule has 0 aliphatic carbocycles. The fourth-order valence-electron chi connectivity index (χ4n) is 2.81. The highest BCUT2D eigenvalue weighted by molar-refractivity contribution is 5.27. The van der Waals surface area contributed by atoms with Crippen LogP contribution in [0.25, 0.3) is 0 Å². The van der Waals surface area contributed by atoms with Crippen LogP contribution >= 0.6 is 0 Å². The lowest BCUT2D eigenvalue weighted by molar-refractivity contribution is 0.0290. The molecule has 1 unspecified atom stereocenters. The van der Waals surface area contributed by atoms with Gasteiger partial charge in [-0.3, -0.25) is 4.90 Å². The Bertz CT molecular complexity index is 402. The predicted octanol–water partition coefficient (Wildman–Crippen LogP) is 3.46. The standard InChI is InChI=1S/C17H27NO/c1-14-6-5-7-15(12-14)16(17(2,3)4)13-18-8-10-19-11-9-18/h5-7,12,16H,8-11,13H2,1-4H3. The molecule has 1 aromatic rings. The zero-order valence-electron chi connectivity index (χ0n) is 12.8. The average molecular weight is 261 g/mol. The molecule has 1 atom stereocenters. The summed E-state index contributed by atoms with van der Waals surface area (Å²) >= 11 is 0. The van der Waals surface area contributed by atoms with Gasteiger partial charge in [0.2, 0.25) is 0 Å². The van der Waals surface area contributed by atoms with E-state index in [4.69, 9.17) is 4.74 Å². The maximum Gasteiger partial charge on any atom is 0.0594 e. The van der Waals surface area contributed by atoms with Crippen molar-refractivity contribution in [3.05, 3.63) is 35.4 Å². The van der Waals surface area contributed by atoms with Crippen molar-refractivity contribution in [3.8, 4) is 0 Å². The maximum absolute atomic E-state index is 5.45. The van der Waals surface area contributed by atoms with Crippen molar-refractivity contribution in [1.29, 1.82) is 0 Å². The summed E-state index contributed by atoms with van der Waals surface area (Å²) in [5.74, 6) is 0.575. The van der Waals surface area contributed by atoms with Crippen molar-refractivity contribution < 1.29 is 4.74 Å². The van der Waals surface area contributed by atoms with Gasteiger partial charge in [0.15, 0.2) is 0 Å². The van der Waals surface area contributed by atoms with Gasteiger partial charge in [-0.2, -0.15) is 0 Å². The van der Waals surface area contributed by atoms with Crippen LogP contribution in [0.5, 0.6) is 0 Å². The van der Waals surface area contributed by atoms with E-state index in [1.54, 1.807) is 0 Å². The van der Waals surface area contributed by atoms with E-state index >= 15 is 0 Å². The molecule has 0 saturated carbocycles. The van der Waals surface area contributed by atoms with Gasteiger partial charge < -0.3 is 4.74 Å². The van der Waals surface area contributed by atoms with Gasteiger partial charge >= 0.3 is 0 Å². The van der Waals surface area contributed by atoms with Crippen molar-refractivity contribution in [3.63, 3.8) is 0 Å². The lowest BCUT2D eigenvalue weighted by Gasteiger charge is -2.37. The lowest BCUT2D eigenvalue weighted by Crippen LogP contribution is -2.41. The number of morpholine rings is 1. The smallest absolute Gasteiger partial charge is 0.0594 e. The molecule has 1 aliphatic heterocycles. The molecule has 1 aromatic carbocycles. The van der Waals surface area contributed by atoms with Crippen LogP contribution in [0.4, 0.5) is 0 Å². The number of aryl methyl sites for hydroxylation is 1. The molecule has 1 heterocycles. The third-order valence-corrected chi connectivity index (χ3v) is 4.03. The van der Waals surface area contributed by atoms with Crippen LogP contribution < -0.4 is 0 Å². The third kappa shape index (κ3) is 4.05. The normalized spacial score (nSPS) is 19.4. The second-order valence-corrected chi connectivity index (χ2v) is 6.75. The number of hydrogen-bond donors (Lipinski definition) is 0. The molecule has 0 radical (unpaired) electrons. The van der Waals surface area contributed by atoms with Crippen molar-refractivity contribution in [2.75, 3.05) is 32.8 Å². The Balaban J connectivity index is 2.16. The molecule has 2 rings (SSSR count). The van der Waals surface area contributed by atoms with E-state index in [-0.39, 0.29) is 5.41 Å². The van der Waals surface area contributed by atoms with Gasteiger partial charge in [0.05, 0.1) is 13.2 Å². The van der Waals surface area contributed by atoms with Crippen LogP contribution in [0, 0.1) is 12.3 Å². The fraction of sp³-hybridized carbons (Fsp3) is 0.647. The summed E-state index contributed by atoms with van der Waals surface area (Å²) in [6.45, 7) is 14.3. The molecule has 19 heavy (non-hydrogen) atoms. The second kappa shape index (κ2) is 6.06. The number of benzene rings is 1. The highest BCUT2D eigenvalue weighted by Crippen LogP contribution is 2.36. The second-order valence-electron chi connectivity index (χ2n) is 6.75. The van der Waals surface area contributed by atoms with Crippen molar-refractivity contribution in [2.45, 2.75) is 33.6 Å². The molecule has 0 aromatic heterocycles. The van der Waals surface area contributed by atoms with E-state index in [2.05, 4.69) is 56.9 Å².